The lowest BCUT2D eigenvalue weighted by Gasteiger charge is -2.16. The summed E-state index contributed by atoms with van der Waals surface area (Å²) in [5.41, 5.74) is 4.23. The number of carboxylic acid groups (broad SMARTS) is 1. The fraction of sp³-hybridized carbons (Fsp3) is 0.276. The largest absolute Gasteiger partial charge is 0.481 e. The van der Waals surface area contributed by atoms with Gasteiger partial charge in [-0.05, 0) is 37.9 Å². The van der Waals surface area contributed by atoms with E-state index >= 15 is 0 Å². The van der Waals surface area contributed by atoms with E-state index in [4.69, 9.17) is 4.99 Å². The number of carboxylic acids is 1. The number of nitrogens with zero attached hydrogens (tertiary/aromatic N) is 1. The summed E-state index contributed by atoms with van der Waals surface area (Å²) >= 11 is 0. The Labute approximate surface area is 207 Å². The van der Waals surface area contributed by atoms with Crippen molar-refractivity contribution < 1.29 is 14.7 Å². The first-order valence-electron chi connectivity index (χ1n) is 12.0. The second-order valence-corrected chi connectivity index (χ2v) is 8.50. The molecular formula is C29H33N3O3. The van der Waals surface area contributed by atoms with Gasteiger partial charge in [0.05, 0.1) is 23.9 Å². The van der Waals surface area contributed by atoms with Crippen molar-refractivity contribution in [3.8, 4) is 0 Å². The smallest absolute Gasteiger partial charge is 0.305 e. The topological polar surface area (TPSA) is 90.8 Å². The maximum atomic E-state index is 12.7. The number of aliphatic carboxylic acids is 1. The van der Waals surface area contributed by atoms with E-state index in [2.05, 4.69) is 22.8 Å². The number of unbranched alkanes of at least 4 members (excludes halogenated alkanes) is 1. The molecule has 3 aromatic rings. The van der Waals surface area contributed by atoms with Crippen molar-refractivity contribution in [1.82, 2.24) is 5.32 Å². The molecule has 0 aliphatic carbocycles. The Bertz CT molecular complexity index is 1110. The van der Waals surface area contributed by atoms with E-state index in [-0.39, 0.29) is 12.3 Å². The number of benzene rings is 3. The molecule has 182 valence electrons. The van der Waals surface area contributed by atoms with Gasteiger partial charge in [-0.15, -0.1) is 0 Å². The van der Waals surface area contributed by atoms with Gasteiger partial charge < -0.3 is 15.7 Å². The lowest BCUT2D eigenvalue weighted by Crippen LogP contribution is -2.18. The van der Waals surface area contributed by atoms with Crippen molar-refractivity contribution in [2.75, 3.05) is 11.9 Å². The number of hydrogen-bond donors (Lipinski definition) is 3. The zero-order valence-corrected chi connectivity index (χ0v) is 20.1. The molecule has 0 aliphatic rings. The monoisotopic (exact) mass is 471 g/mol. The van der Waals surface area contributed by atoms with Crippen molar-refractivity contribution in [3.05, 3.63) is 102 Å². The number of para-hydroxylation sites is 1. The van der Waals surface area contributed by atoms with Crippen LogP contribution < -0.4 is 10.6 Å². The molecule has 1 unspecified atom stereocenters. The van der Waals surface area contributed by atoms with Crippen molar-refractivity contribution in [1.29, 1.82) is 0 Å². The number of aliphatic imine (C=N–C) groups is 1. The molecule has 0 radical (unpaired) electrons. The molecule has 3 rings (SSSR count). The predicted molar refractivity (Wildman–Crippen MR) is 141 cm³/mol. The molecule has 1 amide bonds. The molecular weight excluding hydrogens is 438 g/mol. The summed E-state index contributed by atoms with van der Waals surface area (Å²) in [5, 5.41) is 15.6. The molecule has 0 saturated heterocycles. The fourth-order valence-electron chi connectivity index (χ4n) is 3.79. The van der Waals surface area contributed by atoms with Gasteiger partial charge in [-0.1, -0.05) is 78.9 Å². The maximum Gasteiger partial charge on any atom is 0.305 e. The Hall–Kier alpha value is -3.77. The normalized spacial score (nSPS) is 12.2. The van der Waals surface area contributed by atoms with E-state index in [0.717, 1.165) is 37.1 Å². The first-order chi connectivity index (χ1) is 17.0. The van der Waals surface area contributed by atoms with Gasteiger partial charge in [0, 0.05) is 24.1 Å². The molecule has 0 fully saturated rings. The summed E-state index contributed by atoms with van der Waals surface area (Å²) in [6.07, 6.45) is 2.05. The van der Waals surface area contributed by atoms with Gasteiger partial charge in [0.1, 0.15) is 0 Å². The molecule has 3 aromatic carbocycles. The first kappa shape index (κ1) is 25.8. The zero-order valence-electron chi connectivity index (χ0n) is 20.1. The third-order valence-electron chi connectivity index (χ3n) is 5.50. The van der Waals surface area contributed by atoms with Crippen molar-refractivity contribution in [3.63, 3.8) is 0 Å². The zero-order chi connectivity index (χ0) is 24.9. The van der Waals surface area contributed by atoms with Crippen LogP contribution in [0.2, 0.25) is 0 Å². The van der Waals surface area contributed by atoms with Gasteiger partial charge in [0.2, 0.25) is 5.91 Å². The number of anilines is 1. The van der Waals surface area contributed by atoms with Crippen LogP contribution in [0.15, 0.2) is 89.9 Å². The second-order valence-electron chi connectivity index (χ2n) is 8.50. The van der Waals surface area contributed by atoms with Crippen LogP contribution in [0, 0.1) is 0 Å². The molecule has 3 N–H and O–H groups in total. The lowest BCUT2D eigenvalue weighted by molar-refractivity contribution is -0.137. The quantitative estimate of drug-likeness (QED) is 0.233. The molecule has 0 saturated carbocycles. The third-order valence-corrected chi connectivity index (χ3v) is 5.50. The van der Waals surface area contributed by atoms with Crippen LogP contribution in [0.3, 0.4) is 0 Å². The number of carbonyl (C=O) groups is 2. The number of hydrogen-bond acceptors (Lipinski definition) is 4. The van der Waals surface area contributed by atoms with E-state index in [0.29, 0.717) is 17.8 Å². The minimum Gasteiger partial charge on any atom is -0.481 e. The Balaban J connectivity index is 1.61. The summed E-state index contributed by atoms with van der Waals surface area (Å²) in [7, 11) is 0. The van der Waals surface area contributed by atoms with Crippen molar-refractivity contribution in [2.24, 2.45) is 4.99 Å². The highest BCUT2D eigenvalue weighted by atomic mass is 16.4. The van der Waals surface area contributed by atoms with Gasteiger partial charge in [-0.2, -0.15) is 0 Å². The Kier molecular flexibility index (Phi) is 10.2. The molecule has 0 bridgehead atoms. The van der Waals surface area contributed by atoms with Gasteiger partial charge in [0.15, 0.2) is 0 Å². The van der Waals surface area contributed by atoms with E-state index in [1.54, 1.807) is 6.92 Å². The second kappa shape index (κ2) is 13.8. The van der Waals surface area contributed by atoms with E-state index in [1.807, 2.05) is 72.8 Å². The molecule has 1 atom stereocenters. The average Bonchev–Trinajstić information content (AvgIpc) is 2.86. The number of nitrogens with one attached hydrogen (secondary N) is 2. The van der Waals surface area contributed by atoms with E-state index in [9.17, 15) is 14.7 Å². The van der Waals surface area contributed by atoms with Crippen molar-refractivity contribution >= 4 is 23.3 Å². The van der Waals surface area contributed by atoms with Gasteiger partial charge in [0.25, 0.3) is 0 Å². The summed E-state index contributed by atoms with van der Waals surface area (Å²) < 4.78 is 0. The summed E-state index contributed by atoms with van der Waals surface area (Å²) in [6.45, 7) is 3.46. The third kappa shape index (κ3) is 8.83. The molecule has 35 heavy (non-hydrogen) atoms. The summed E-state index contributed by atoms with van der Waals surface area (Å²) in [5.74, 6) is -0.944. The number of rotatable bonds is 13. The molecule has 0 aliphatic heterocycles. The van der Waals surface area contributed by atoms with Crippen LogP contribution in [0.4, 0.5) is 5.69 Å². The SMILES string of the molecule is CC(CC(=O)O)N=C(c1ccccc1)c1ccccc1NC(=O)CCCCNCc1ccccc1. The molecule has 0 spiro atoms. The Morgan fingerprint density at radius 1 is 0.886 bits per heavy atom. The molecule has 0 aromatic heterocycles. The maximum absolute atomic E-state index is 12.7. The summed E-state index contributed by atoms with van der Waals surface area (Å²) in [4.78, 5) is 28.6. The molecule has 6 heteroatoms. The van der Waals surface area contributed by atoms with Crippen LogP contribution in [-0.2, 0) is 16.1 Å². The average molecular weight is 472 g/mol. The van der Waals surface area contributed by atoms with Gasteiger partial charge >= 0.3 is 5.97 Å². The van der Waals surface area contributed by atoms with E-state index < -0.39 is 12.0 Å². The van der Waals surface area contributed by atoms with Gasteiger partial charge in [-0.25, -0.2) is 0 Å². The minimum atomic E-state index is -0.895. The Morgan fingerprint density at radius 2 is 1.54 bits per heavy atom. The van der Waals surface area contributed by atoms with Crippen LogP contribution >= 0.6 is 0 Å². The van der Waals surface area contributed by atoms with Crippen LogP contribution in [0.25, 0.3) is 0 Å². The lowest BCUT2D eigenvalue weighted by atomic mass is 9.99. The standard InChI is InChI=1S/C29H33N3O3/c1-22(20-28(34)35)31-29(24-14-6-3-7-15-24)25-16-8-9-17-26(25)32-27(33)18-10-11-19-30-21-23-12-4-2-5-13-23/h2-9,12-17,22,30H,10-11,18-21H2,1H3,(H,32,33)(H,34,35). The van der Waals surface area contributed by atoms with Crippen LogP contribution in [0.1, 0.15) is 49.3 Å². The Morgan fingerprint density at radius 3 is 2.26 bits per heavy atom. The van der Waals surface area contributed by atoms with Gasteiger partial charge in [-0.3, -0.25) is 14.6 Å². The first-order valence-corrected chi connectivity index (χ1v) is 12.0. The molecule has 6 nitrogen and oxygen atoms in total. The van der Waals surface area contributed by atoms with Crippen LogP contribution in [0.5, 0.6) is 0 Å². The highest BCUT2D eigenvalue weighted by molar-refractivity contribution is 6.17. The van der Waals surface area contributed by atoms with E-state index in [1.165, 1.54) is 5.56 Å². The highest BCUT2D eigenvalue weighted by Gasteiger charge is 2.16. The molecule has 0 heterocycles. The number of amides is 1. The highest BCUT2D eigenvalue weighted by Crippen LogP contribution is 2.22. The fourth-order valence-corrected chi connectivity index (χ4v) is 3.79. The van der Waals surface area contributed by atoms with Crippen LogP contribution in [-0.4, -0.2) is 35.3 Å². The summed E-state index contributed by atoms with van der Waals surface area (Å²) in [6, 6.07) is 27.0. The van der Waals surface area contributed by atoms with Crippen molar-refractivity contribution in [2.45, 2.75) is 45.2 Å². The minimum absolute atomic E-state index is 0.0495. The predicted octanol–water partition coefficient (Wildman–Crippen LogP) is 5.29. The number of carbonyl (C=O) groups excluding carboxylic acids is 1.